The summed E-state index contributed by atoms with van der Waals surface area (Å²) in [5.41, 5.74) is 8.14. The molecule has 0 unspecified atom stereocenters. The Morgan fingerprint density at radius 3 is 2.18 bits per heavy atom. The Balaban J connectivity index is 1.90. The molecule has 2 aromatic carbocycles. The van der Waals surface area contributed by atoms with Crippen LogP contribution in [0.1, 0.15) is 27.9 Å². The van der Waals surface area contributed by atoms with E-state index in [9.17, 15) is 0 Å². The SMILES string of the molecule is Cc1ccc(-c2nnc(Cc3ccccc3)cc2C)cc1C. The number of benzene rings is 2. The van der Waals surface area contributed by atoms with Gasteiger partial charge in [-0.25, -0.2) is 0 Å². The van der Waals surface area contributed by atoms with Crippen molar-refractivity contribution in [3.63, 3.8) is 0 Å². The summed E-state index contributed by atoms with van der Waals surface area (Å²) in [7, 11) is 0. The van der Waals surface area contributed by atoms with E-state index in [-0.39, 0.29) is 0 Å². The molecule has 0 fully saturated rings. The fourth-order valence-corrected chi connectivity index (χ4v) is 2.61. The van der Waals surface area contributed by atoms with Gasteiger partial charge in [-0.3, -0.25) is 0 Å². The van der Waals surface area contributed by atoms with Crippen molar-refractivity contribution in [2.45, 2.75) is 27.2 Å². The molecule has 0 N–H and O–H groups in total. The highest BCUT2D eigenvalue weighted by Gasteiger charge is 2.08. The maximum absolute atomic E-state index is 4.47. The van der Waals surface area contributed by atoms with E-state index in [0.29, 0.717) is 0 Å². The zero-order valence-electron chi connectivity index (χ0n) is 13.3. The first kappa shape index (κ1) is 14.5. The second-order valence-corrected chi connectivity index (χ2v) is 5.83. The van der Waals surface area contributed by atoms with E-state index < -0.39 is 0 Å². The summed E-state index contributed by atoms with van der Waals surface area (Å²) in [6.45, 7) is 6.36. The third kappa shape index (κ3) is 3.06. The van der Waals surface area contributed by atoms with Gasteiger partial charge < -0.3 is 0 Å². The molecule has 0 radical (unpaired) electrons. The van der Waals surface area contributed by atoms with Gasteiger partial charge in [0.05, 0.1) is 11.4 Å². The van der Waals surface area contributed by atoms with E-state index in [4.69, 9.17) is 0 Å². The Bertz CT molecular complexity index is 792. The molecule has 0 aliphatic carbocycles. The standard InChI is InChI=1S/C20H20N2/c1-14-9-10-18(11-15(14)2)20-16(3)12-19(21-22-20)13-17-7-5-4-6-8-17/h4-12H,13H2,1-3H3. The van der Waals surface area contributed by atoms with E-state index in [2.05, 4.69) is 79.5 Å². The summed E-state index contributed by atoms with van der Waals surface area (Å²) in [4.78, 5) is 0. The van der Waals surface area contributed by atoms with E-state index in [1.807, 2.05) is 6.07 Å². The molecule has 0 saturated heterocycles. The quantitative estimate of drug-likeness (QED) is 0.700. The van der Waals surface area contributed by atoms with Crippen molar-refractivity contribution in [3.05, 3.63) is 82.5 Å². The molecule has 0 atom stereocenters. The monoisotopic (exact) mass is 288 g/mol. The van der Waals surface area contributed by atoms with Crippen molar-refractivity contribution in [2.75, 3.05) is 0 Å². The van der Waals surface area contributed by atoms with Gasteiger partial charge in [-0.1, -0.05) is 42.5 Å². The Hall–Kier alpha value is -2.48. The first-order valence-corrected chi connectivity index (χ1v) is 7.58. The molecule has 0 aliphatic heterocycles. The Labute approximate surface area is 131 Å². The van der Waals surface area contributed by atoms with Gasteiger partial charge in [-0.2, -0.15) is 5.10 Å². The van der Waals surface area contributed by atoms with E-state index in [1.54, 1.807) is 0 Å². The summed E-state index contributed by atoms with van der Waals surface area (Å²) < 4.78 is 0. The van der Waals surface area contributed by atoms with Crippen LogP contribution in [0, 0.1) is 20.8 Å². The van der Waals surface area contributed by atoms with Crippen LogP contribution in [0.4, 0.5) is 0 Å². The van der Waals surface area contributed by atoms with Crippen molar-refractivity contribution < 1.29 is 0 Å². The van der Waals surface area contributed by atoms with Crippen LogP contribution in [0.5, 0.6) is 0 Å². The number of hydrogen-bond donors (Lipinski definition) is 0. The molecule has 3 aromatic rings. The highest BCUT2D eigenvalue weighted by atomic mass is 15.1. The molecular weight excluding hydrogens is 268 g/mol. The third-order valence-corrected chi connectivity index (χ3v) is 4.04. The third-order valence-electron chi connectivity index (χ3n) is 4.04. The van der Waals surface area contributed by atoms with Crippen LogP contribution in [0.2, 0.25) is 0 Å². The minimum absolute atomic E-state index is 0.821. The van der Waals surface area contributed by atoms with Crippen LogP contribution >= 0.6 is 0 Å². The van der Waals surface area contributed by atoms with E-state index in [0.717, 1.165) is 23.4 Å². The molecule has 1 heterocycles. The molecule has 110 valence electrons. The van der Waals surface area contributed by atoms with Gasteiger partial charge in [0.25, 0.3) is 0 Å². The topological polar surface area (TPSA) is 25.8 Å². The molecule has 2 heteroatoms. The van der Waals surface area contributed by atoms with E-state index >= 15 is 0 Å². The molecular formula is C20H20N2. The molecule has 3 rings (SSSR count). The first-order chi connectivity index (χ1) is 10.6. The first-order valence-electron chi connectivity index (χ1n) is 7.58. The number of aromatic nitrogens is 2. The van der Waals surface area contributed by atoms with Crippen LogP contribution < -0.4 is 0 Å². The summed E-state index contributed by atoms with van der Waals surface area (Å²) in [6, 6.07) is 19.0. The highest BCUT2D eigenvalue weighted by Crippen LogP contribution is 2.23. The lowest BCUT2D eigenvalue weighted by atomic mass is 10.0. The van der Waals surface area contributed by atoms with Crippen molar-refractivity contribution >= 4 is 0 Å². The van der Waals surface area contributed by atoms with Crippen molar-refractivity contribution in [1.82, 2.24) is 10.2 Å². The number of hydrogen-bond acceptors (Lipinski definition) is 2. The maximum atomic E-state index is 4.47. The lowest BCUT2D eigenvalue weighted by molar-refractivity contribution is 0.931. The van der Waals surface area contributed by atoms with Gasteiger partial charge in [0, 0.05) is 12.0 Å². The summed E-state index contributed by atoms with van der Waals surface area (Å²) in [5, 5.41) is 8.88. The number of aryl methyl sites for hydroxylation is 3. The summed E-state index contributed by atoms with van der Waals surface area (Å²) in [5.74, 6) is 0. The Morgan fingerprint density at radius 1 is 0.727 bits per heavy atom. The van der Waals surface area contributed by atoms with Crippen LogP contribution in [0.15, 0.2) is 54.6 Å². The fraction of sp³-hybridized carbons (Fsp3) is 0.200. The minimum atomic E-state index is 0.821. The predicted octanol–water partition coefficient (Wildman–Crippen LogP) is 4.66. The molecule has 1 aromatic heterocycles. The molecule has 2 nitrogen and oxygen atoms in total. The smallest absolute Gasteiger partial charge is 0.0959 e. The van der Waals surface area contributed by atoms with Gasteiger partial charge in [0.1, 0.15) is 0 Å². The largest absolute Gasteiger partial charge is 0.155 e. The average molecular weight is 288 g/mol. The van der Waals surface area contributed by atoms with Gasteiger partial charge in [-0.05, 0) is 55.2 Å². The van der Waals surface area contributed by atoms with Crippen molar-refractivity contribution in [2.24, 2.45) is 0 Å². The van der Waals surface area contributed by atoms with Crippen LogP contribution in [0.25, 0.3) is 11.3 Å². The predicted molar refractivity (Wildman–Crippen MR) is 90.9 cm³/mol. The molecule has 0 saturated carbocycles. The number of rotatable bonds is 3. The minimum Gasteiger partial charge on any atom is -0.155 e. The molecule has 22 heavy (non-hydrogen) atoms. The fourth-order valence-electron chi connectivity index (χ4n) is 2.61. The van der Waals surface area contributed by atoms with Gasteiger partial charge >= 0.3 is 0 Å². The van der Waals surface area contributed by atoms with E-state index in [1.165, 1.54) is 22.3 Å². The van der Waals surface area contributed by atoms with Crippen molar-refractivity contribution in [1.29, 1.82) is 0 Å². The van der Waals surface area contributed by atoms with Gasteiger partial charge in [-0.15, -0.1) is 5.10 Å². The van der Waals surface area contributed by atoms with Crippen LogP contribution in [-0.4, -0.2) is 10.2 Å². The molecule has 0 bridgehead atoms. The van der Waals surface area contributed by atoms with Crippen molar-refractivity contribution in [3.8, 4) is 11.3 Å². The molecule has 0 aliphatic rings. The second kappa shape index (κ2) is 6.10. The van der Waals surface area contributed by atoms with Crippen LogP contribution in [0.3, 0.4) is 0 Å². The molecule has 0 amide bonds. The summed E-state index contributed by atoms with van der Waals surface area (Å²) >= 11 is 0. The van der Waals surface area contributed by atoms with Gasteiger partial charge in [0.2, 0.25) is 0 Å². The zero-order valence-corrected chi connectivity index (χ0v) is 13.3. The highest BCUT2D eigenvalue weighted by molar-refractivity contribution is 5.63. The normalized spacial score (nSPS) is 10.7. The lowest BCUT2D eigenvalue weighted by Crippen LogP contribution is -1.99. The number of nitrogens with zero attached hydrogens (tertiary/aromatic N) is 2. The maximum Gasteiger partial charge on any atom is 0.0959 e. The van der Waals surface area contributed by atoms with Gasteiger partial charge in [0.15, 0.2) is 0 Å². The zero-order chi connectivity index (χ0) is 15.5. The molecule has 0 spiro atoms. The van der Waals surface area contributed by atoms with Crippen LogP contribution in [-0.2, 0) is 6.42 Å². The second-order valence-electron chi connectivity index (χ2n) is 5.83. The Kier molecular flexibility index (Phi) is 4.01. The Morgan fingerprint density at radius 2 is 1.50 bits per heavy atom. The lowest BCUT2D eigenvalue weighted by Gasteiger charge is -2.09. The summed E-state index contributed by atoms with van der Waals surface area (Å²) in [6.07, 6.45) is 0.821. The average Bonchev–Trinajstić information content (AvgIpc) is 2.51.